The fourth-order valence-electron chi connectivity index (χ4n) is 2.05. The van der Waals surface area contributed by atoms with Gasteiger partial charge in [0, 0.05) is 29.9 Å². The molecule has 4 nitrogen and oxygen atoms in total. The summed E-state index contributed by atoms with van der Waals surface area (Å²) < 4.78 is 0. The Balaban J connectivity index is 1.95. The average Bonchev–Trinajstić information content (AvgIpc) is 2.82. The van der Waals surface area contributed by atoms with Gasteiger partial charge < -0.3 is 10.3 Å². The predicted octanol–water partition coefficient (Wildman–Crippen LogP) is 3.19. The first-order chi connectivity index (χ1) is 9.22. The standard InChI is InChI=1S/C15H13N3O/c1-10(19)17-13-6-4-11(5-7-13)14-9-12-3-2-8-16-15(12)18-14/h2-9H,1H3,(H,16,18)(H,17,19). The third kappa shape index (κ3) is 2.33. The van der Waals surface area contributed by atoms with E-state index in [2.05, 4.69) is 21.4 Å². The van der Waals surface area contributed by atoms with E-state index in [4.69, 9.17) is 0 Å². The number of amides is 1. The van der Waals surface area contributed by atoms with Crippen molar-refractivity contribution in [3.63, 3.8) is 0 Å². The smallest absolute Gasteiger partial charge is 0.221 e. The Labute approximate surface area is 110 Å². The highest BCUT2D eigenvalue weighted by Gasteiger charge is 2.04. The number of aromatic amines is 1. The SMILES string of the molecule is CC(=O)Nc1ccc(-c2cc3cccnc3[nH]2)cc1. The Kier molecular flexibility index (Phi) is 2.76. The lowest BCUT2D eigenvalue weighted by Gasteiger charge is -2.03. The Morgan fingerprint density at radius 3 is 2.68 bits per heavy atom. The Hall–Kier alpha value is -2.62. The second kappa shape index (κ2) is 4.57. The number of hydrogen-bond acceptors (Lipinski definition) is 2. The maximum Gasteiger partial charge on any atom is 0.221 e. The summed E-state index contributed by atoms with van der Waals surface area (Å²) in [6.07, 6.45) is 1.77. The topological polar surface area (TPSA) is 57.8 Å². The summed E-state index contributed by atoms with van der Waals surface area (Å²) in [6.45, 7) is 1.50. The van der Waals surface area contributed by atoms with Crippen molar-refractivity contribution in [3.05, 3.63) is 48.7 Å². The highest BCUT2D eigenvalue weighted by molar-refractivity contribution is 5.89. The minimum absolute atomic E-state index is 0.0671. The molecule has 2 N–H and O–H groups in total. The molecule has 0 aliphatic carbocycles. The molecule has 0 spiro atoms. The predicted molar refractivity (Wildman–Crippen MR) is 75.8 cm³/mol. The molecule has 0 saturated heterocycles. The molecule has 0 aliphatic rings. The van der Waals surface area contributed by atoms with Crippen LogP contribution in [0.4, 0.5) is 5.69 Å². The molecule has 1 aromatic carbocycles. The minimum Gasteiger partial charge on any atom is -0.339 e. The lowest BCUT2D eigenvalue weighted by molar-refractivity contribution is -0.114. The number of H-pyrrole nitrogens is 1. The van der Waals surface area contributed by atoms with Crippen molar-refractivity contribution >= 4 is 22.6 Å². The molecule has 0 radical (unpaired) electrons. The summed E-state index contributed by atoms with van der Waals surface area (Å²) >= 11 is 0. The van der Waals surface area contributed by atoms with Gasteiger partial charge in [-0.25, -0.2) is 4.98 Å². The number of anilines is 1. The van der Waals surface area contributed by atoms with Crippen molar-refractivity contribution in [1.82, 2.24) is 9.97 Å². The van der Waals surface area contributed by atoms with Crippen LogP contribution < -0.4 is 5.32 Å². The summed E-state index contributed by atoms with van der Waals surface area (Å²) in [5.41, 5.74) is 3.75. The van der Waals surface area contributed by atoms with Gasteiger partial charge in [-0.3, -0.25) is 4.79 Å². The van der Waals surface area contributed by atoms with Crippen LogP contribution in [0, 0.1) is 0 Å². The molecule has 0 saturated carbocycles. The molecule has 19 heavy (non-hydrogen) atoms. The first kappa shape index (κ1) is 11.5. The van der Waals surface area contributed by atoms with Crippen molar-refractivity contribution < 1.29 is 4.79 Å². The van der Waals surface area contributed by atoms with Crippen molar-refractivity contribution in [2.24, 2.45) is 0 Å². The van der Waals surface area contributed by atoms with Crippen molar-refractivity contribution in [3.8, 4) is 11.3 Å². The number of nitrogens with zero attached hydrogens (tertiary/aromatic N) is 1. The number of pyridine rings is 1. The van der Waals surface area contributed by atoms with Gasteiger partial charge >= 0.3 is 0 Å². The molecule has 3 aromatic rings. The van der Waals surface area contributed by atoms with Gasteiger partial charge in [0.25, 0.3) is 0 Å². The number of hydrogen-bond donors (Lipinski definition) is 2. The van der Waals surface area contributed by atoms with Gasteiger partial charge in [-0.05, 0) is 35.9 Å². The van der Waals surface area contributed by atoms with E-state index in [1.54, 1.807) is 6.20 Å². The molecule has 2 aromatic heterocycles. The number of rotatable bonds is 2. The van der Waals surface area contributed by atoms with Crippen LogP contribution in [0.15, 0.2) is 48.7 Å². The molecule has 3 rings (SSSR count). The molecule has 4 heteroatoms. The van der Waals surface area contributed by atoms with E-state index in [0.717, 1.165) is 28.0 Å². The van der Waals surface area contributed by atoms with Gasteiger partial charge in [0.2, 0.25) is 5.91 Å². The van der Waals surface area contributed by atoms with Gasteiger partial charge in [-0.15, -0.1) is 0 Å². The van der Waals surface area contributed by atoms with Gasteiger partial charge in [0.05, 0.1) is 0 Å². The lowest BCUT2D eigenvalue weighted by atomic mass is 10.1. The quantitative estimate of drug-likeness (QED) is 0.734. The maximum absolute atomic E-state index is 11.0. The molecular weight excluding hydrogens is 238 g/mol. The van der Waals surface area contributed by atoms with Crippen molar-refractivity contribution in [2.75, 3.05) is 5.32 Å². The first-order valence-electron chi connectivity index (χ1n) is 6.04. The highest BCUT2D eigenvalue weighted by atomic mass is 16.1. The van der Waals surface area contributed by atoms with Crippen LogP contribution in [-0.2, 0) is 4.79 Å². The number of benzene rings is 1. The molecule has 0 aliphatic heterocycles. The van der Waals surface area contributed by atoms with Crippen LogP contribution in [0.25, 0.3) is 22.3 Å². The Morgan fingerprint density at radius 1 is 1.21 bits per heavy atom. The minimum atomic E-state index is -0.0671. The van der Waals surface area contributed by atoms with E-state index < -0.39 is 0 Å². The summed E-state index contributed by atoms with van der Waals surface area (Å²) in [5.74, 6) is -0.0671. The normalized spacial score (nSPS) is 10.6. The largest absolute Gasteiger partial charge is 0.339 e. The zero-order valence-corrected chi connectivity index (χ0v) is 10.5. The Bertz CT molecular complexity index is 695. The molecule has 0 atom stereocenters. The van der Waals surface area contributed by atoms with Crippen molar-refractivity contribution in [2.45, 2.75) is 6.92 Å². The lowest BCUT2D eigenvalue weighted by Crippen LogP contribution is -2.05. The first-order valence-corrected chi connectivity index (χ1v) is 6.04. The third-order valence-corrected chi connectivity index (χ3v) is 2.91. The number of carbonyl (C=O) groups excluding carboxylic acids is 1. The summed E-state index contributed by atoms with van der Waals surface area (Å²) in [5, 5.41) is 3.84. The van der Waals surface area contributed by atoms with Gasteiger partial charge in [0.15, 0.2) is 0 Å². The van der Waals surface area contributed by atoms with E-state index in [0.29, 0.717) is 0 Å². The number of aromatic nitrogens is 2. The summed E-state index contributed by atoms with van der Waals surface area (Å²) in [7, 11) is 0. The molecule has 2 heterocycles. The van der Waals surface area contributed by atoms with Crippen LogP contribution >= 0.6 is 0 Å². The van der Waals surface area contributed by atoms with Crippen molar-refractivity contribution in [1.29, 1.82) is 0 Å². The van der Waals surface area contributed by atoms with E-state index >= 15 is 0 Å². The zero-order valence-electron chi connectivity index (χ0n) is 10.5. The second-order valence-corrected chi connectivity index (χ2v) is 4.38. The maximum atomic E-state index is 11.0. The molecule has 0 unspecified atom stereocenters. The van der Waals surface area contributed by atoms with Gasteiger partial charge in [-0.2, -0.15) is 0 Å². The van der Waals surface area contributed by atoms with Crippen LogP contribution in [0.2, 0.25) is 0 Å². The van der Waals surface area contributed by atoms with Crippen LogP contribution in [0.1, 0.15) is 6.92 Å². The molecule has 0 fully saturated rings. The molecule has 1 amide bonds. The summed E-state index contributed by atoms with van der Waals surface area (Å²) in [4.78, 5) is 18.5. The molecule has 0 bridgehead atoms. The van der Waals surface area contributed by atoms with Crippen LogP contribution in [0.5, 0.6) is 0 Å². The summed E-state index contributed by atoms with van der Waals surface area (Å²) in [6, 6.07) is 13.7. The fourth-order valence-corrected chi connectivity index (χ4v) is 2.05. The molecule has 94 valence electrons. The average molecular weight is 251 g/mol. The van der Waals surface area contributed by atoms with Gasteiger partial charge in [-0.1, -0.05) is 12.1 Å². The van der Waals surface area contributed by atoms with Crippen LogP contribution in [0.3, 0.4) is 0 Å². The Morgan fingerprint density at radius 2 is 2.00 bits per heavy atom. The number of carbonyl (C=O) groups is 1. The number of fused-ring (bicyclic) bond motifs is 1. The second-order valence-electron chi connectivity index (χ2n) is 4.38. The van der Waals surface area contributed by atoms with E-state index in [1.165, 1.54) is 6.92 Å². The van der Waals surface area contributed by atoms with E-state index in [9.17, 15) is 4.79 Å². The fraction of sp³-hybridized carbons (Fsp3) is 0.0667. The number of nitrogens with one attached hydrogen (secondary N) is 2. The van der Waals surface area contributed by atoms with E-state index in [1.807, 2.05) is 36.4 Å². The van der Waals surface area contributed by atoms with Gasteiger partial charge in [0.1, 0.15) is 5.65 Å². The highest BCUT2D eigenvalue weighted by Crippen LogP contribution is 2.24. The van der Waals surface area contributed by atoms with Crippen LogP contribution in [-0.4, -0.2) is 15.9 Å². The van der Waals surface area contributed by atoms with E-state index in [-0.39, 0.29) is 5.91 Å². The zero-order chi connectivity index (χ0) is 13.2. The molecular formula is C15H13N3O. The third-order valence-electron chi connectivity index (χ3n) is 2.91. The monoisotopic (exact) mass is 251 g/mol.